The van der Waals surface area contributed by atoms with Crippen LogP contribution < -0.4 is 5.56 Å². The van der Waals surface area contributed by atoms with Crippen LogP contribution in [-0.2, 0) is 17.6 Å². The molecule has 0 saturated heterocycles. The predicted octanol–water partition coefficient (Wildman–Crippen LogP) is 4.28. The number of hydrogen-bond acceptors (Lipinski definition) is 6. The van der Waals surface area contributed by atoms with Gasteiger partial charge in [-0.15, -0.1) is 10.2 Å². The Balaban J connectivity index is 1.29. The minimum absolute atomic E-state index is 0.0868. The Hall–Kier alpha value is -3.31. The number of aromatic nitrogens is 4. The van der Waals surface area contributed by atoms with Crippen LogP contribution in [0.4, 0.5) is 4.39 Å². The highest BCUT2D eigenvalue weighted by molar-refractivity contribution is 9.10. The van der Waals surface area contributed by atoms with E-state index in [1.807, 2.05) is 28.7 Å². The average Bonchev–Trinajstić information content (AvgIpc) is 3.62. The van der Waals surface area contributed by atoms with Crippen LogP contribution in [0.1, 0.15) is 41.3 Å². The zero-order valence-corrected chi connectivity index (χ0v) is 21.4. The fourth-order valence-electron chi connectivity index (χ4n) is 4.78. The molecule has 2 aromatic carbocycles. The molecule has 36 heavy (non-hydrogen) atoms. The zero-order chi connectivity index (χ0) is 24.8. The summed E-state index contributed by atoms with van der Waals surface area (Å²) in [6.45, 7) is 0. The van der Waals surface area contributed by atoms with Gasteiger partial charge in [-0.1, -0.05) is 52.0 Å². The molecule has 6 rings (SSSR count). The molecule has 0 bridgehead atoms. The standard InChI is InChI=1S/C25H20BrFN6O2S/c26-16-8-4-14(5-9-16)19-12-21(15-6-10-17(27)11-7-15)33(31-19)22(34)13-36-25-30-29-24-28-23(35)18-2-1-3-20(18)32(24)25/h4-11,21H,1-3,12-13H2,(H,28,29,35). The Bertz CT molecular complexity index is 1560. The zero-order valence-electron chi connectivity index (χ0n) is 18.9. The van der Waals surface area contributed by atoms with Crippen LogP contribution in [-0.4, -0.2) is 42.0 Å². The van der Waals surface area contributed by atoms with Crippen LogP contribution in [0.25, 0.3) is 5.78 Å². The summed E-state index contributed by atoms with van der Waals surface area (Å²) in [7, 11) is 0. The van der Waals surface area contributed by atoms with Crippen molar-refractivity contribution in [3.8, 4) is 0 Å². The van der Waals surface area contributed by atoms with Gasteiger partial charge in [-0.05, 0) is 54.7 Å². The van der Waals surface area contributed by atoms with E-state index in [0.29, 0.717) is 17.4 Å². The summed E-state index contributed by atoms with van der Waals surface area (Å²) in [5.41, 5.74) is 4.08. The average molecular weight is 567 g/mol. The maximum absolute atomic E-state index is 13.6. The molecule has 2 aliphatic rings. The van der Waals surface area contributed by atoms with Crippen molar-refractivity contribution in [1.29, 1.82) is 0 Å². The number of aromatic amines is 1. The molecule has 4 aromatic rings. The number of benzene rings is 2. The summed E-state index contributed by atoms with van der Waals surface area (Å²) < 4.78 is 16.4. The number of hydrogen-bond donors (Lipinski definition) is 1. The highest BCUT2D eigenvalue weighted by atomic mass is 79.9. The third-order valence-corrected chi connectivity index (χ3v) is 7.96. The monoisotopic (exact) mass is 566 g/mol. The third-order valence-electron chi connectivity index (χ3n) is 6.51. The minimum atomic E-state index is -0.340. The summed E-state index contributed by atoms with van der Waals surface area (Å²) in [4.78, 5) is 28.5. The third kappa shape index (κ3) is 4.16. The first-order chi connectivity index (χ1) is 17.5. The van der Waals surface area contributed by atoms with Gasteiger partial charge in [0.25, 0.3) is 11.5 Å². The van der Waals surface area contributed by atoms with Gasteiger partial charge in [0, 0.05) is 22.2 Å². The number of aryl methyl sites for hydroxylation is 1. The topological polar surface area (TPSA) is 95.7 Å². The predicted molar refractivity (Wildman–Crippen MR) is 138 cm³/mol. The number of carbonyl (C=O) groups is 1. The Morgan fingerprint density at radius 1 is 1.11 bits per heavy atom. The highest BCUT2D eigenvalue weighted by Gasteiger charge is 2.33. The molecule has 2 aromatic heterocycles. The van der Waals surface area contributed by atoms with Crippen LogP contribution in [0.15, 0.2) is 68.1 Å². The number of rotatable bonds is 5. The summed E-state index contributed by atoms with van der Waals surface area (Å²) in [6, 6.07) is 13.6. The second-order valence-electron chi connectivity index (χ2n) is 8.73. The Labute approximate surface area is 217 Å². The van der Waals surface area contributed by atoms with Gasteiger partial charge >= 0.3 is 0 Å². The second-order valence-corrected chi connectivity index (χ2v) is 10.6. The van der Waals surface area contributed by atoms with E-state index >= 15 is 0 Å². The van der Waals surface area contributed by atoms with Crippen LogP contribution in [0.5, 0.6) is 0 Å². The van der Waals surface area contributed by atoms with E-state index in [1.165, 1.54) is 28.9 Å². The highest BCUT2D eigenvalue weighted by Crippen LogP contribution is 2.34. The molecule has 1 unspecified atom stereocenters. The molecule has 0 spiro atoms. The first-order valence-electron chi connectivity index (χ1n) is 11.5. The second kappa shape index (κ2) is 9.29. The maximum atomic E-state index is 13.6. The van der Waals surface area contributed by atoms with Crippen LogP contribution in [0.2, 0.25) is 0 Å². The van der Waals surface area contributed by atoms with Crippen molar-refractivity contribution in [2.24, 2.45) is 5.10 Å². The van der Waals surface area contributed by atoms with E-state index in [-0.39, 0.29) is 29.1 Å². The van der Waals surface area contributed by atoms with Gasteiger partial charge in [0.1, 0.15) is 5.82 Å². The van der Waals surface area contributed by atoms with Gasteiger partial charge in [0.05, 0.1) is 17.5 Å². The molecular formula is C25H20BrFN6O2S. The normalized spacial score (nSPS) is 17.0. The lowest BCUT2D eigenvalue weighted by molar-refractivity contribution is -0.130. The number of amides is 1. The van der Waals surface area contributed by atoms with Crippen molar-refractivity contribution in [2.45, 2.75) is 36.9 Å². The van der Waals surface area contributed by atoms with Gasteiger partial charge in [-0.3, -0.25) is 19.0 Å². The lowest BCUT2D eigenvalue weighted by Crippen LogP contribution is -2.28. The van der Waals surface area contributed by atoms with Crippen LogP contribution >= 0.6 is 27.7 Å². The van der Waals surface area contributed by atoms with E-state index in [9.17, 15) is 14.0 Å². The molecule has 0 fully saturated rings. The van der Waals surface area contributed by atoms with Gasteiger partial charge in [-0.25, -0.2) is 9.40 Å². The molecule has 1 N–H and O–H groups in total. The van der Waals surface area contributed by atoms with Crippen LogP contribution in [0, 0.1) is 5.82 Å². The first kappa shape index (κ1) is 23.1. The largest absolute Gasteiger partial charge is 0.290 e. The number of nitrogens with one attached hydrogen (secondary N) is 1. The van der Waals surface area contributed by atoms with E-state index in [1.54, 1.807) is 12.1 Å². The van der Waals surface area contributed by atoms with Crippen molar-refractivity contribution in [3.05, 3.63) is 91.6 Å². The van der Waals surface area contributed by atoms with Gasteiger partial charge in [0.2, 0.25) is 5.78 Å². The number of halogens is 2. The summed E-state index contributed by atoms with van der Waals surface area (Å²) in [5.74, 6) is -0.0528. The SMILES string of the molecule is O=C(CSc1nnc2[nH]c(=O)c3c(n12)CCC3)N1N=C(c2ccc(Br)cc2)CC1c1ccc(F)cc1. The first-order valence-corrected chi connectivity index (χ1v) is 13.3. The number of fused-ring (bicyclic) bond motifs is 3. The molecule has 0 radical (unpaired) electrons. The molecule has 1 amide bonds. The summed E-state index contributed by atoms with van der Waals surface area (Å²) in [6.07, 6.45) is 2.92. The van der Waals surface area contributed by atoms with Crippen molar-refractivity contribution < 1.29 is 9.18 Å². The number of nitrogens with zero attached hydrogens (tertiary/aromatic N) is 5. The van der Waals surface area contributed by atoms with E-state index < -0.39 is 0 Å². The van der Waals surface area contributed by atoms with E-state index in [4.69, 9.17) is 0 Å². The maximum Gasteiger partial charge on any atom is 0.255 e. The Kier molecular flexibility index (Phi) is 5.96. The number of H-pyrrole nitrogens is 1. The molecule has 1 aliphatic carbocycles. The van der Waals surface area contributed by atoms with Crippen molar-refractivity contribution >= 4 is 45.1 Å². The van der Waals surface area contributed by atoms with Crippen LogP contribution in [0.3, 0.4) is 0 Å². The summed E-state index contributed by atoms with van der Waals surface area (Å²) >= 11 is 4.71. The molecule has 8 nitrogen and oxygen atoms in total. The fourth-order valence-corrected chi connectivity index (χ4v) is 5.85. The van der Waals surface area contributed by atoms with Crippen molar-refractivity contribution in [1.82, 2.24) is 24.6 Å². The van der Waals surface area contributed by atoms with Gasteiger partial charge in [0.15, 0.2) is 5.16 Å². The minimum Gasteiger partial charge on any atom is -0.290 e. The van der Waals surface area contributed by atoms with E-state index in [2.05, 4.69) is 36.2 Å². The lowest BCUT2D eigenvalue weighted by atomic mass is 9.98. The fraction of sp³-hybridized carbons (Fsp3) is 0.240. The van der Waals surface area contributed by atoms with Gasteiger partial charge in [-0.2, -0.15) is 5.10 Å². The number of hydrazone groups is 1. The number of carbonyl (C=O) groups excluding carboxylic acids is 1. The van der Waals surface area contributed by atoms with E-state index in [0.717, 1.165) is 51.8 Å². The van der Waals surface area contributed by atoms with Crippen molar-refractivity contribution in [2.75, 3.05) is 5.75 Å². The summed E-state index contributed by atoms with van der Waals surface area (Å²) in [5, 5.41) is 15.1. The lowest BCUT2D eigenvalue weighted by Gasteiger charge is -2.22. The number of thioether (sulfide) groups is 1. The quantitative estimate of drug-likeness (QED) is 0.364. The Morgan fingerprint density at radius 2 is 1.89 bits per heavy atom. The van der Waals surface area contributed by atoms with Gasteiger partial charge < -0.3 is 0 Å². The molecule has 1 atom stereocenters. The Morgan fingerprint density at radius 3 is 2.67 bits per heavy atom. The molecule has 1 aliphatic heterocycles. The molecular weight excluding hydrogens is 547 g/mol. The molecule has 0 saturated carbocycles. The molecule has 182 valence electrons. The molecule has 3 heterocycles. The molecule has 11 heteroatoms. The van der Waals surface area contributed by atoms with Crippen molar-refractivity contribution in [3.63, 3.8) is 0 Å². The smallest absolute Gasteiger partial charge is 0.255 e.